The van der Waals surface area contributed by atoms with Crippen LogP contribution in [-0.2, 0) is 11.2 Å². The Balaban J connectivity index is 1.90. The van der Waals surface area contributed by atoms with Crippen molar-refractivity contribution >= 4 is 22.7 Å². The van der Waals surface area contributed by atoms with Gasteiger partial charge < -0.3 is 9.32 Å². The summed E-state index contributed by atoms with van der Waals surface area (Å²) in [4.78, 5) is 16.6. The lowest BCUT2D eigenvalue weighted by Crippen LogP contribution is -2.41. The van der Waals surface area contributed by atoms with Crippen molar-refractivity contribution in [3.8, 4) is 11.5 Å². The molecule has 26 heavy (non-hydrogen) atoms. The Hall–Kier alpha value is -2.83. The van der Waals surface area contributed by atoms with Gasteiger partial charge in [0, 0.05) is 17.8 Å². The van der Waals surface area contributed by atoms with E-state index in [9.17, 15) is 18.0 Å². The van der Waals surface area contributed by atoms with Crippen LogP contribution in [0.5, 0.6) is 0 Å². The molecule has 0 aliphatic rings. The van der Waals surface area contributed by atoms with Crippen LogP contribution < -0.4 is 4.90 Å². The quantitative estimate of drug-likeness (QED) is 0.658. The Morgan fingerprint density at radius 2 is 1.81 bits per heavy atom. The number of oxazole rings is 1. The van der Waals surface area contributed by atoms with Gasteiger partial charge in [0.2, 0.25) is 5.89 Å². The molecule has 0 spiro atoms. The number of hydrogen-bond donors (Lipinski definition) is 0. The Morgan fingerprint density at radius 1 is 1.12 bits per heavy atom. The molecule has 7 heteroatoms. The van der Waals surface area contributed by atoms with E-state index in [2.05, 4.69) is 4.98 Å². The molecule has 1 heterocycles. The van der Waals surface area contributed by atoms with Gasteiger partial charge in [0.1, 0.15) is 5.52 Å². The number of halogens is 3. The third kappa shape index (κ3) is 3.42. The van der Waals surface area contributed by atoms with E-state index in [-0.39, 0.29) is 12.2 Å². The molecule has 0 atom stereocenters. The number of carbonyl (C=O) groups excluding carboxylic acids is 1. The number of carbonyl (C=O) groups is 1. The smallest absolute Gasteiger partial charge is 0.436 e. The van der Waals surface area contributed by atoms with E-state index in [1.165, 1.54) is 19.1 Å². The van der Waals surface area contributed by atoms with E-state index in [4.69, 9.17) is 4.42 Å². The van der Waals surface area contributed by atoms with Gasteiger partial charge >= 0.3 is 12.1 Å². The van der Waals surface area contributed by atoms with Crippen molar-refractivity contribution in [1.82, 2.24) is 4.98 Å². The van der Waals surface area contributed by atoms with Crippen molar-refractivity contribution in [3.05, 3.63) is 48.0 Å². The zero-order valence-corrected chi connectivity index (χ0v) is 14.3. The highest BCUT2D eigenvalue weighted by Crippen LogP contribution is 2.28. The molecule has 0 unspecified atom stereocenters. The summed E-state index contributed by atoms with van der Waals surface area (Å²) in [6.45, 7) is 3.45. The van der Waals surface area contributed by atoms with Crippen LogP contribution in [0, 0.1) is 0 Å². The largest absolute Gasteiger partial charge is 0.471 e. The number of benzene rings is 2. The maximum Gasteiger partial charge on any atom is 0.471 e. The van der Waals surface area contributed by atoms with Gasteiger partial charge in [-0.05, 0) is 55.3 Å². The summed E-state index contributed by atoms with van der Waals surface area (Å²) in [6.07, 6.45) is -4.03. The second-order valence-electron chi connectivity index (χ2n) is 5.77. The predicted molar refractivity (Wildman–Crippen MR) is 92.9 cm³/mol. The van der Waals surface area contributed by atoms with Gasteiger partial charge in [-0.25, -0.2) is 4.98 Å². The maximum atomic E-state index is 12.7. The first kappa shape index (κ1) is 18.0. The first-order valence-corrected chi connectivity index (χ1v) is 8.22. The normalized spacial score (nSPS) is 11.7. The van der Waals surface area contributed by atoms with E-state index in [1.54, 1.807) is 12.1 Å². The highest BCUT2D eigenvalue weighted by atomic mass is 19.4. The first-order chi connectivity index (χ1) is 12.3. The van der Waals surface area contributed by atoms with Crippen LogP contribution in [-0.4, -0.2) is 23.6 Å². The second kappa shape index (κ2) is 6.82. The van der Waals surface area contributed by atoms with Crippen molar-refractivity contribution in [1.29, 1.82) is 0 Å². The van der Waals surface area contributed by atoms with Gasteiger partial charge in [0.25, 0.3) is 0 Å². The summed E-state index contributed by atoms with van der Waals surface area (Å²) in [5, 5.41) is 0. The van der Waals surface area contributed by atoms with E-state index in [0.717, 1.165) is 17.5 Å². The number of amides is 1. The first-order valence-electron chi connectivity index (χ1n) is 8.22. The molecule has 136 valence electrons. The SMILES string of the molecule is CCc1ccc2oc(-c3ccc(N(CC)C(=O)C(F)(F)F)cc3)nc2c1. The van der Waals surface area contributed by atoms with Crippen LogP contribution in [0.4, 0.5) is 18.9 Å². The summed E-state index contributed by atoms with van der Waals surface area (Å²) < 4.78 is 43.8. The minimum atomic E-state index is -4.91. The summed E-state index contributed by atoms with van der Waals surface area (Å²) in [6, 6.07) is 11.8. The zero-order chi connectivity index (χ0) is 18.9. The van der Waals surface area contributed by atoms with Crippen molar-refractivity contribution in [2.45, 2.75) is 26.4 Å². The van der Waals surface area contributed by atoms with Gasteiger partial charge in [0.15, 0.2) is 5.58 Å². The van der Waals surface area contributed by atoms with Gasteiger partial charge in [-0.3, -0.25) is 4.79 Å². The number of alkyl halides is 3. The molecule has 0 radical (unpaired) electrons. The van der Waals surface area contributed by atoms with Gasteiger partial charge in [-0.2, -0.15) is 13.2 Å². The molecule has 1 aromatic heterocycles. The molecule has 0 saturated carbocycles. The van der Waals surface area contributed by atoms with Gasteiger partial charge in [0.05, 0.1) is 0 Å². The summed E-state index contributed by atoms with van der Waals surface area (Å²) in [5.41, 5.74) is 3.30. The molecule has 3 rings (SSSR count). The molecule has 0 aliphatic heterocycles. The Morgan fingerprint density at radius 3 is 2.38 bits per heavy atom. The lowest BCUT2D eigenvalue weighted by atomic mass is 10.1. The number of fused-ring (bicyclic) bond motifs is 1. The highest BCUT2D eigenvalue weighted by molar-refractivity contribution is 5.97. The van der Waals surface area contributed by atoms with E-state index >= 15 is 0 Å². The van der Waals surface area contributed by atoms with Crippen LogP contribution in [0.1, 0.15) is 19.4 Å². The molecular formula is C19H17F3N2O2. The van der Waals surface area contributed by atoms with E-state index in [1.807, 2.05) is 25.1 Å². The van der Waals surface area contributed by atoms with Crippen molar-refractivity contribution in [2.24, 2.45) is 0 Å². The average molecular weight is 362 g/mol. The lowest BCUT2D eigenvalue weighted by Gasteiger charge is -2.22. The fourth-order valence-electron chi connectivity index (χ4n) is 2.70. The number of nitrogens with zero attached hydrogens (tertiary/aromatic N) is 2. The molecule has 0 fully saturated rings. The maximum absolute atomic E-state index is 12.7. The fraction of sp³-hybridized carbons (Fsp3) is 0.263. The standard InChI is InChI=1S/C19H17F3N2O2/c1-3-12-5-10-16-15(11-12)23-17(26-16)13-6-8-14(9-7-13)24(4-2)18(25)19(20,21)22/h5-11H,3-4H2,1-2H3. The second-order valence-corrected chi connectivity index (χ2v) is 5.77. The molecule has 2 aromatic carbocycles. The van der Waals surface area contributed by atoms with Crippen molar-refractivity contribution < 1.29 is 22.4 Å². The molecule has 0 saturated heterocycles. The number of aryl methyl sites for hydroxylation is 1. The topological polar surface area (TPSA) is 46.3 Å². The third-order valence-electron chi connectivity index (χ3n) is 4.09. The molecule has 4 nitrogen and oxygen atoms in total. The average Bonchev–Trinajstić information content (AvgIpc) is 3.05. The third-order valence-corrected chi connectivity index (χ3v) is 4.09. The summed E-state index contributed by atoms with van der Waals surface area (Å²) >= 11 is 0. The van der Waals surface area contributed by atoms with Crippen molar-refractivity contribution in [2.75, 3.05) is 11.4 Å². The van der Waals surface area contributed by atoms with E-state index < -0.39 is 12.1 Å². The molecule has 1 amide bonds. The molecular weight excluding hydrogens is 345 g/mol. The molecule has 0 aliphatic carbocycles. The molecule has 0 N–H and O–H groups in total. The van der Waals surface area contributed by atoms with Crippen molar-refractivity contribution in [3.63, 3.8) is 0 Å². The summed E-state index contributed by atoms with van der Waals surface area (Å²) in [5.74, 6) is -1.51. The fourth-order valence-corrected chi connectivity index (χ4v) is 2.70. The van der Waals surface area contributed by atoms with Gasteiger partial charge in [-0.15, -0.1) is 0 Å². The van der Waals surface area contributed by atoms with Gasteiger partial charge in [-0.1, -0.05) is 13.0 Å². The van der Waals surface area contributed by atoms with Crippen LogP contribution in [0.15, 0.2) is 46.9 Å². The Bertz CT molecular complexity index is 930. The Kier molecular flexibility index (Phi) is 4.71. The zero-order valence-electron chi connectivity index (χ0n) is 14.3. The lowest BCUT2D eigenvalue weighted by molar-refractivity contribution is -0.170. The Labute approximate surface area is 148 Å². The molecule has 3 aromatic rings. The number of hydrogen-bond acceptors (Lipinski definition) is 3. The minimum absolute atomic E-state index is 0.0830. The summed E-state index contributed by atoms with van der Waals surface area (Å²) in [7, 11) is 0. The van der Waals surface area contributed by atoms with Crippen LogP contribution >= 0.6 is 0 Å². The number of rotatable bonds is 4. The van der Waals surface area contributed by atoms with Crippen LogP contribution in [0.2, 0.25) is 0 Å². The predicted octanol–water partition coefficient (Wildman–Crippen LogP) is 4.97. The molecule has 0 bridgehead atoms. The monoisotopic (exact) mass is 362 g/mol. The van der Waals surface area contributed by atoms with E-state index in [0.29, 0.717) is 21.9 Å². The number of anilines is 1. The highest BCUT2D eigenvalue weighted by Gasteiger charge is 2.42. The minimum Gasteiger partial charge on any atom is -0.436 e. The van der Waals surface area contributed by atoms with Crippen LogP contribution in [0.25, 0.3) is 22.6 Å². The van der Waals surface area contributed by atoms with Crippen LogP contribution in [0.3, 0.4) is 0 Å². The number of aromatic nitrogens is 1.